The van der Waals surface area contributed by atoms with Crippen molar-refractivity contribution in [2.75, 3.05) is 5.32 Å². The fraction of sp³-hybridized carbons (Fsp3) is 0.273. The third kappa shape index (κ3) is 3.87. The van der Waals surface area contributed by atoms with Gasteiger partial charge in [-0.3, -0.25) is 4.79 Å². The van der Waals surface area contributed by atoms with Crippen LogP contribution in [0.25, 0.3) is 5.69 Å². The number of ether oxygens (including phenoxy) is 1. The summed E-state index contributed by atoms with van der Waals surface area (Å²) in [6, 6.07) is 15.8. The van der Waals surface area contributed by atoms with Crippen LogP contribution in [-0.2, 0) is 11.4 Å². The summed E-state index contributed by atoms with van der Waals surface area (Å²) in [5, 5.41) is 3.01. The largest absolute Gasteiger partial charge is 0.487 e. The molecule has 1 N–H and O–H groups in total. The molecule has 4 rings (SSSR count). The van der Waals surface area contributed by atoms with Crippen LogP contribution in [0.4, 0.5) is 5.69 Å². The Morgan fingerprint density at radius 2 is 1.96 bits per heavy atom. The number of nitrogens with one attached hydrogen (secondary N) is 1. The molecule has 1 heterocycles. The van der Waals surface area contributed by atoms with Crippen molar-refractivity contribution in [3.05, 3.63) is 72.3 Å². The standard InChI is InChI=1S/C22H23N3O2/c1-16-23-13-14-25(16)19-11-9-17(10-12-19)15-27-21-8-3-2-7-20(21)24-22(26)18-5-4-6-18/h2-3,7-14,18H,4-6,15H2,1H3,(H,24,26). The van der Waals surface area contributed by atoms with Gasteiger partial charge in [-0.1, -0.05) is 30.7 Å². The first kappa shape index (κ1) is 17.3. The molecule has 1 fully saturated rings. The minimum atomic E-state index is 0.0948. The Labute approximate surface area is 159 Å². The van der Waals surface area contributed by atoms with Crippen molar-refractivity contribution in [3.8, 4) is 11.4 Å². The maximum absolute atomic E-state index is 12.2. The number of aromatic nitrogens is 2. The van der Waals surface area contributed by atoms with Crippen molar-refractivity contribution in [2.45, 2.75) is 32.8 Å². The Kier molecular flexibility index (Phi) is 4.92. The number of para-hydroxylation sites is 2. The van der Waals surface area contributed by atoms with Crippen LogP contribution in [0.1, 0.15) is 30.7 Å². The SMILES string of the molecule is Cc1nccn1-c1ccc(COc2ccccc2NC(=O)C2CCC2)cc1. The molecule has 1 aliphatic rings. The van der Waals surface area contributed by atoms with Gasteiger partial charge in [-0.15, -0.1) is 0 Å². The summed E-state index contributed by atoms with van der Waals surface area (Å²) in [7, 11) is 0. The van der Waals surface area contributed by atoms with Crippen LogP contribution in [-0.4, -0.2) is 15.5 Å². The van der Waals surface area contributed by atoms with Gasteiger partial charge >= 0.3 is 0 Å². The molecule has 1 amide bonds. The summed E-state index contributed by atoms with van der Waals surface area (Å²) in [6.45, 7) is 2.42. The predicted molar refractivity (Wildman–Crippen MR) is 105 cm³/mol. The molecule has 0 atom stereocenters. The number of nitrogens with zero attached hydrogens (tertiary/aromatic N) is 2. The van der Waals surface area contributed by atoms with Gasteiger partial charge in [0.15, 0.2) is 0 Å². The molecule has 0 bridgehead atoms. The third-order valence-corrected chi connectivity index (χ3v) is 5.06. The van der Waals surface area contributed by atoms with Crippen LogP contribution in [0.3, 0.4) is 0 Å². The van der Waals surface area contributed by atoms with E-state index in [2.05, 4.69) is 22.4 Å². The van der Waals surface area contributed by atoms with Crippen molar-refractivity contribution >= 4 is 11.6 Å². The Morgan fingerprint density at radius 1 is 1.19 bits per heavy atom. The number of hydrogen-bond donors (Lipinski definition) is 1. The van der Waals surface area contributed by atoms with E-state index in [9.17, 15) is 4.79 Å². The van der Waals surface area contributed by atoms with Crippen molar-refractivity contribution in [1.29, 1.82) is 0 Å². The highest BCUT2D eigenvalue weighted by atomic mass is 16.5. The molecule has 0 radical (unpaired) electrons. The van der Waals surface area contributed by atoms with E-state index < -0.39 is 0 Å². The maximum Gasteiger partial charge on any atom is 0.227 e. The summed E-state index contributed by atoms with van der Waals surface area (Å²) >= 11 is 0. The second kappa shape index (κ2) is 7.66. The summed E-state index contributed by atoms with van der Waals surface area (Å²) in [5.74, 6) is 1.89. The lowest BCUT2D eigenvalue weighted by atomic mass is 9.85. The maximum atomic E-state index is 12.2. The van der Waals surface area contributed by atoms with Crippen molar-refractivity contribution in [1.82, 2.24) is 9.55 Å². The number of rotatable bonds is 6. The molecule has 0 aliphatic heterocycles. The molecule has 1 aliphatic carbocycles. The lowest BCUT2D eigenvalue weighted by molar-refractivity contribution is -0.122. The van der Waals surface area contributed by atoms with Gasteiger partial charge in [-0.2, -0.15) is 0 Å². The summed E-state index contributed by atoms with van der Waals surface area (Å²) < 4.78 is 8.01. The molecular weight excluding hydrogens is 338 g/mol. The van der Waals surface area contributed by atoms with E-state index in [-0.39, 0.29) is 11.8 Å². The Hall–Kier alpha value is -3.08. The normalized spacial score (nSPS) is 13.8. The molecule has 3 aromatic rings. The molecule has 0 saturated heterocycles. The van der Waals surface area contributed by atoms with E-state index in [1.165, 1.54) is 0 Å². The van der Waals surface area contributed by atoms with E-state index in [1.54, 1.807) is 6.20 Å². The molecule has 5 heteroatoms. The van der Waals surface area contributed by atoms with Crippen LogP contribution in [0.15, 0.2) is 60.9 Å². The molecule has 2 aromatic carbocycles. The van der Waals surface area contributed by atoms with E-state index in [0.29, 0.717) is 12.4 Å². The second-order valence-corrected chi connectivity index (χ2v) is 6.91. The van der Waals surface area contributed by atoms with Gasteiger partial charge in [-0.05, 0) is 49.6 Å². The van der Waals surface area contributed by atoms with Gasteiger partial charge in [0.2, 0.25) is 5.91 Å². The van der Waals surface area contributed by atoms with Crippen molar-refractivity contribution in [3.63, 3.8) is 0 Å². The zero-order valence-corrected chi connectivity index (χ0v) is 15.4. The Balaban J connectivity index is 1.41. The van der Waals surface area contributed by atoms with E-state index >= 15 is 0 Å². The number of benzene rings is 2. The lowest BCUT2D eigenvalue weighted by Gasteiger charge is -2.24. The van der Waals surface area contributed by atoms with Gasteiger partial charge in [0.1, 0.15) is 18.2 Å². The van der Waals surface area contributed by atoms with Crippen LogP contribution < -0.4 is 10.1 Å². The van der Waals surface area contributed by atoms with E-state index in [4.69, 9.17) is 4.74 Å². The second-order valence-electron chi connectivity index (χ2n) is 6.91. The number of aryl methyl sites for hydroxylation is 1. The lowest BCUT2D eigenvalue weighted by Crippen LogP contribution is -2.28. The van der Waals surface area contributed by atoms with Gasteiger partial charge in [-0.25, -0.2) is 4.98 Å². The molecule has 1 saturated carbocycles. The first-order valence-corrected chi connectivity index (χ1v) is 9.32. The first-order chi connectivity index (χ1) is 13.2. The Morgan fingerprint density at radius 3 is 2.63 bits per heavy atom. The van der Waals surface area contributed by atoms with Gasteiger partial charge in [0.25, 0.3) is 0 Å². The topological polar surface area (TPSA) is 56.1 Å². The van der Waals surface area contributed by atoms with Gasteiger partial charge < -0.3 is 14.6 Å². The van der Waals surface area contributed by atoms with Crippen LogP contribution in [0, 0.1) is 12.8 Å². The monoisotopic (exact) mass is 361 g/mol. The average molecular weight is 361 g/mol. The number of amides is 1. The van der Waals surface area contributed by atoms with E-state index in [1.807, 2.05) is 54.1 Å². The zero-order valence-electron chi connectivity index (χ0n) is 15.4. The molecule has 138 valence electrons. The first-order valence-electron chi connectivity index (χ1n) is 9.32. The smallest absolute Gasteiger partial charge is 0.227 e. The number of anilines is 1. The minimum Gasteiger partial charge on any atom is -0.487 e. The zero-order chi connectivity index (χ0) is 18.6. The highest BCUT2D eigenvalue weighted by molar-refractivity contribution is 5.94. The number of imidazole rings is 1. The van der Waals surface area contributed by atoms with Crippen LogP contribution in [0.2, 0.25) is 0 Å². The summed E-state index contributed by atoms with van der Waals surface area (Å²) in [4.78, 5) is 16.5. The van der Waals surface area contributed by atoms with Crippen LogP contribution in [0.5, 0.6) is 5.75 Å². The van der Waals surface area contributed by atoms with Crippen molar-refractivity contribution in [2.24, 2.45) is 5.92 Å². The fourth-order valence-corrected chi connectivity index (χ4v) is 3.17. The quantitative estimate of drug-likeness (QED) is 0.703. The molecule has 1 aromatic heterocycles. The molecule has 0 unspecified atom stereocenters. The average Bonchev–Trinajstić information content (AvgIpc) is 3.06. The number of carbonyl (C=O) groups excluding carboxylic acids is 1. The molecule has 5 nitrogen and oxygen atoms in total. The fourth-order valence-electron chi connectivity index (χ4n) is 3.17. The van der Waals surface area contributed by atoms with E-state index in [0.717, 1.165) is 42.0 Å². The summed E-state index contributed by atoms with van der Waals surface area (Å²) in [6.07, 6.45) is 6.85. The molecular formula is C22H23N3O2. The number of hydrogen-bond acceptors (Lipinski definition) is 3. The highest BCUT2D eigenvalue weighted by Crippen LogP contribution is 2.30. The third-order valence-electron chi connectivity index (χ3n) is 5.06. The molecule has 27 heavy (non-hydrogen) atoms. The Bertz CT molecular complexity index is 927. The predicted octanol–water partition coefficient (Wildman–Crippen LogP) is 4.50. The summed E-state index contributed by atoms with van der Waals surface area (Å²) in [5.41, 5.74) is 2.87. The highest BCUT2D eigenvalue weighted by Gasteiger charge is 2.25. The molecule has 0 spiro atoms. The van der Waals surface area contributed by atoms with Crippen LogP contribution >= 0.6 is 0 Å². The van der Waals surface area contributed by atoms with Gasteiger partial charge in [0.05, 0.1) is 5.69 Å². The number of carbonyl (C=O) groups is 1. The van der Waals surface area contributed by atoms with Crippen molar-refractivity contribution < 1.29 is 9.53 Å². The minimum absolute atomic E-state index is 0.0948. The van der Waals surface area contributed by atoms with Gasteiger partial charge in [0, 0.05) is 24.0 Å².